The summed E-state index contributed by atoms with van der Waals surface area (Å²) in [5.41, 5.74) is 4.53. The van der Waals surface area contributed by atoms with Gasteiger partial charge in [0.25, 0.3) is 0 Å². The number of ether oxygens (including phenoxy) is 1. The Hall–Kier alpha value is -2.79. The average Bonchev–Trinajstić information content (AvgIpc) is 3.37. The molecule has 3 aliphatic rings. The molecule has 2 N–H and O–H groups in total. The fourth-order valence-electron chi connectivity index (χ4n) is 7.09. The summed E-state index contributed by atoms with van der Waals surface area (Å²) < 4.78 is 6.45. The third kappa shape index (κ3) is 8.68. The quantitative estimate of drug-likeness (QED) is 0.149. The maximum Gasteiger partial charge on any atom is 0.162 e. The maximum absolute atomic E-state index is 12.9. The van der Waals surface area contributed by atoms with E-state index < -0.39 is 17.1 Å². The van der Waals surface area contributed by atoms with E-state index in [0.717, 1.165) is 28.7 Å². The van der Waals surface area contributed by atoms with Crippen LogP contribution in [0.25, 0.3) is 0 Å². The van der Waals surface area contributed by atoms with Crippen molar-refractivity contribution in [1.29, 1.82) is 0 Å². The second-order valence-electron chi connectivity index (χ2n) is 15.0. The number of ketones is 1. The van der Waals surface area contributed by atoms with E-state index in [-0.39, 0.29) is 28.8 Å². The van der Waals surface area contributed by atoms with Gasteiger partial charge < -0.3 is 14.9 Å². The fraction of sp³-hybridized carbons (Fsp3) is 0.525. The standard InChI is InChI=1S/C40H56O4/c1-28(17-13-18-30(3)21-22-36(43)39(9)26-33(42)25-38(39,7)8)15-11-12-16-29(2)19-14-20-31(4)34-23-35-37(5,6)24-32(41)27-40(35,10)44-34/h11-23,32-34,41-42H,24-27H2,1-10H3/b12-11+,17-13+,19-14+,22-21+,28-15+,29-16+,30-18+,31-20-/t32-,33-,34-,39-,40+/m0/s1. The SMILES string of the molecule is C/C(=C/C=C/C(C)=C/C=C/C=C(C)/C=C/C=C(C)/C=C/C(=O)[C@]1(C)C[C@@H](O)CC1(C)C)[C@@H]1C=C2C(C)(C)C[C@H](O)C[C@@]2(C)O1. The molecule has 1 heterocycles. The molecule has 4 heteroatoms. The molecule has 2 saturated carbocycles. The molecule has 0 radical (unpaired) electrons. The van der Waals surface area contributed by atoms with Gasteiger partial charge in [-0.05, 0) is 88.0 Å². The van der Waals surface area contributed by atoms with Gasteiger partial charge in [0.15, 0.2) is 5.78 Å². The molecule has 1 aliphatic heterocycles. The number of aliphatic hydroxyl groups excluding tert-OH is 2. The zero-order valence-corrected chi connectivity index (χ0v) is 28.8. The Morgan fingerprint density at radius 2 is 1.23 bits per heavy atom. The molecule has 0 unspecified atom stereocenters. The zero-order chi connectivity index (χ0) is 32.9. The minimum absolute atomic E-state index is 0.0579. The Morgan fingerprint density at radius 3 is 1.80 bits per heavy atom. The van der Waals surface area contributed by atoms with Gasteiger partial charge in [-0.1, -0.05) is 118 Å². The normalized spacial score (nSPS) is 33.3. The first-order chi connectivity index (χ1) is 20.4. The topological polar surface area (TPSA) is 66.8 Å². The highest BCUT2D eigenvalue weighted by Gasteiger charge is 2.53. The molecule has 0 saturated heterocycles. The van der Waals surface area contributed by atoms with Crippen LogP contribution in [0.3, 0.4) is 0 Å². The van der Waals surface area contributed by atoms with Gasteiger partial charge in [0, 0.05) is 11.8 Å². The molecular weight excluding hydrogens is 544 g/mol. The van der Waals surface area contributed by atoms with Crippen molar-refractivity contribution in [2.75, 3.05) is 0 Å². The molecule has 0 aromatic carbocycles. The van der Waals surface area contributed by atoms with Gasteiger partial charge in [-0.2, -0.15) is 0 Å². The Labute approximate surface area is 267 Å². The highest BCUT2D eigenvalue weighted by atomic mass is 16.5. The average molecular weight is 601 g/mol. The van der Waals surface area contributed by atoms with Crippen LogP contribution in [0.4, 0.5) is 0 Å². The van der Waals surface area contributed by atoms with Crippen molar-refractivity contribution in [2.45, 2.75) is 119 Å². The lowest BCUT2D eigenvalue weighted by molar-refractivity contribution is -0.127. The molecule has 0 aromatic heterocycles. The molecule has 4 nitrogen and oxygen atoms in total. The number of carbonyl (C=O) groups excluding carboxylic acids is 1. The number of fused-ring (bicyclic) bond motifs is 1. The highest BCUT2D eigenvalue weighted by Crippen LogP contribution is 2.53. The van der Waals surface area contributed by atoms with Gasteiger partial charge >= 0.3 is 0 Å². The van der Waals surface area contributed by atoms with Crippen molar-refractivity contribution in [3.63, 3.8) is 0 Å². The van der Waals surface area contributed by atoms with Gasteiger partial charge in [-0.25, -0.2) is 0 Å². The predicted molar refractivity (Wildman–Crippen MR) is 184 cm³/mol. The van der Waals surface area contributed by atoms with Gasteiger partial charge in [0.2, 0.25) is 0 Å². The highest BCUT2D eigenvalue weighted by molar-refractivity contribution is 5.95. The van der Waals surface area contributed by atoms with Gasteiger partial charge in [-0.15, -0.1) is 0 Å². The third-order valence-electron chi connectivity index (χ3n) is 10.0. The molecule has 240 valence electrons. The minimum Gasteiger partial charge on any atom is -0.393 e. The lowest BCUT2D eigenvalue weighted by Gasteiger charge is -2.44. The molecule has 0 aromatic rings. The van der Waals surface area contributed by atoms with Gasteiger partial charge in [-0.3, -0.25) is 4.79 Å². The van der Waals surface area contributed by atoms with E-state index in [0.29, 0.717) is 19.3 Å². The summed E-state index contributed by atoms with van der Waals surface area (Å²) >= 11 is 0. The molecule has 44 heavy (non-hydrogen) atoms. The van der Waals surface area contributed by atoms with Crippen molar-refractivity contribution in [3.8, 4) is 0 Å². The van der Waals surface area contributed by atoms with Crippen LogP contribution in [0.1, 0.15) is 94.9 Å². The van der Waals surface area contributed by atoms with Crippen molar-refractivity contribution in [2.24, 2.45) is 16.2 Å². The summed E-state index contributed by atoms with van der Waals surface area (Å²) in [5, 5.41) is 20.5. The Morgan fingerprint density at radius 1 is 0.705 bits per heavy atom. The largest absolute Gasteiger partial charge is 0.393 e. The monoisotopic (exact) mass is 600 g/mol. The third-order valence-corrected chi connectivity index (χ3v) is 10.0. The number of aliphatic hydroxyl groups is 2. The summed E-state index contributed by atoms with van der Waals surface area (Å²) in [6.07, 6.45) is 28.1. The molecule has 0 spiro atoms. The number of hydrogen-bond acceptors (Lipinski definition) is 4. The smallest absolute Gasteiger partial charge is 0.162 e. The van der Waals surface area contributed by atoms with E-state index >= 15 is 0 Å². The number of hydrogen-bond donors (Lipinski definition) is 2. The van der Waals surface area contributed by atoms with E-state index in [4.69, 9.17) is 4.74 Å². The van der Waals surface area contributed by atoms with Crippen LogP contribution in [0, 0.1) is 16.2 Å². The molecule has 3 rings (SSSR count). The molecule has 5 atom stereocenters. The van der Waals surface area contributed by atoms with Gasteiger partial charge in [0.05, 0.1) is 23.9 Å². The predicted octanol–water partition coefficient (Wildman–Crippen LogP) is 9.02. The van der Waals surface area contributed by atoms with Crippen LogP contribution in [0.2, 0.25) is 0 Å². The summed E-state index contributed by atoms with van der Waals surface area (Å²) in [6.45, 7) is 20.9. The van der Waals surface area contributed by atoms with Crippen molar-refractivity contribution < 1.29 is 19.7 Å². The molecule has 0 bridgehead atoms. The van der Waals surface area contributed by atoms with E-state index in [2.05, 4.69) is 91.8 Å². The van der Waals surface area contributed by atoms with Crippen molar-refractivity contribution in [1.82, 2.24) is 0 Å². The number of rotatable bonds is 10. The van der Waals surface area contributed by atoms with E-state index in [1.807, 2.05) is 50.3 Å². The lowest BCUT2D eigenvalue weighted by atomic mass is 9.65. The second-order valence-corrected chi connectivity index (χ2v) is 15.0. The van der Waals surface area contributed by atoms with Gasteiger partial charge in [0.1, 0.15) is 0 Å². The Kier molecular flexibility index (Phi) is 11.4. The fourth-order valence-corrected chi connectivity index (χ4v) is 7.09. The van der Waals surface area contributed by atoms with E-state index in [9.17, 15) is 15.0 Å². The summed E-state index contributed by atoms with van der Waals surface area (Å²) in [5.74, 6) is 0.0827. The lowest BCUT2D eigenvalue weighted by Crippen LogP contribution is -2.45. The van der Waals surface area contributed by atoms with Crippen molar-refractivity contribution in [3.05, 3.63) is 107 Å². The summed E-state index contributed by atoms with van der Waals surface area (Å²) in [7, 11) is 0. The molecule has 2 fully saturated rings. The maximum atomic E-state index is 12.9. The zero-order valence-electron chi connectivity index (χ0n) is 28.8. The number of allylic oxidation sites excluding steroid dienone is 15. The molecule has 0 amide bonds. The van der Waals surface area contributed by atoms with Crippen LogP contribution in [-0.4, -0.2) is 39.9 Å². The molecule has 2 aliphatic carbocycles. The van der Waals surface area contributed by atoms with E-state index in [1.54, 1.807) is 6.08 Å². The minimum atomic E-state index is -0.535. The van der Waals surface area contributed by atoms with Crippen LogP contribution in [0.15, 0.2) is 107 Å². The summed E-state index contributed by atoms with van der Waals surface area (Å²) in [4.78, 5) is 12.9. The van der Waals surface area contributed by atoms with Crippen LogP contribution < -0.4 is 0 Å². The second kappa shape index (κ2) is 14.1. The Balaban J connectivity index is 1.51. The first-order valence-electron chi connectivity index (χ1n) is 16.1. The first-order valence-corrected chi connectivity index (χ1v) is 16.1. The first kappa shape index (κ1) is 35.7. The number of carbonyl (C=O) groups is 1. The Bertz CT molecular complexity index is 1360. The van der Waals surface area contributed by atoms with Crippen molar-refractivity contribution >= 4 is 5.78 Å². The van der Waals surface area contributed by atoms with Crippen LogP contribution in [-0.2, 0) is 9.53 Å². The summed E-state index contributed by atoms with van der Waals surface area (Å²) in [6, 6.07) is 0. The van der Waals surface area contributed by atoms with Crippen LogP contribution in [0.5, 0.6) is 0 Å². The molecular formula is C40H56O4. The van der Waals surface area contributed by atoms with E-state index in [1.165, 1.54) is 5.57 Å². The van der Waals surface area contributed by atoms with Crippen LogP contribution >= 0.6 is 0 Å².